The molecule has 20 heavy (non-hydrogen) atoms. The lowest BCUT2D eigenvalue weighted by atomic mass is 10.3. The summed E-state index contributed by atoms with van der Waals surface area (Å²) in [6.45, 7) is 1.78. The predicted octanol–water partition coefficient (Wildman–Crippen LogP) is 0.508. The van der Waals surface area contributed by atoms with Gasteiger partial charge in [0.25, 0.3) is 0 Å². The Hall–Kier alpha value is -1.79. The molecular formula is C14H22N2O4. The van der Waals surface area contributed by atoms with Crippen LogP contribution in [0.2, 0.25) is 0 Å². The summed E-state index contributed by atoms with van der Waals surface area (Å²) in [4.78, 5) is 13.2. The number of ether oxygens (including phenoxy) is 3. The van der Waals surface area contributed by atoms with Crippen LogP contribution in [-0.2, 0) is 9.53 Å². The number of rotatable bonds is 9. The molecule has 1 aromatic carbocycles. The Kier molecular flexibility index (Phi) is 7.46. The summed E-state index contributed by atoms with van der Waals surface area (Å²) in [5.74, 6) is 1.43. The van der Waals surface area contributed by atoms with Crippen LogP contribution in [0.4, 0.5) is 0 Å². The van der Waals surface area contributed by atoms with Gasteiger partial charge in [-0.05, 0) is 24.3 Å². The summed E-state index contributed by atoms with van der Waals surface area (Å²) >= 11 is 0. The van der Waals surface area contributed by atoms with Gasteiger partial charge in [-0.15, -0.1) is 0 Å². The lowest BCUT2D eigenvalue weighted by Crippen LogP contribution is -2.34. The SMILES string of the molecule is COc1ccc(OCCN(C)C(=O)COCCN)cc1. The summed E-state index contributed by atoms with van der Waals surface area (Å²) in [6, 6.07) is 7.30. The average molecular weight is 282 g/mol. The molecule has 0 unspecified atom stereocenters. The quantitative estimate of drug-likeness (QED) is 0.668. The molecule has 6 heteroatoms. The van der Waals surface area contributed by atoms with Crippen molar-refractivity contribution >= 4 is 5.91 Å². The number of benzene rings is 1. The number of nitrogens with two attached hydrogens (primary N) is 1. The summed E-state index contributed by atoms with van der Waals surface area (Å²) < 4.78 is 15.7. The van der Waals surface area contributed by atoms with Crippen LogP contribution >= 0.6 is 0 Å². The smallest absolute Gasteiger partial charge is 0.248 e. The minimum atomic E-state index is -0.0863. The first kappa shape index (κ1) is 16.3. The van der Waals surface area contributed by atoms with Gasteiger partial charge in [0.2, 0.25) is 5.91 Å². The van der Waals surface area contributed by atoms with Crippen molar-refractivity contribution in [1.29, 1.82) is 0 Å². The van der Waals surface area contributed by atoms with Crippen LogP contribution in [0.1, 0.15) is 0 Å². The average Bonchev–Trinajstić information content (AvgIpc) is 2.48. The summed E-state index contributed by atoms with van der Waals surface area (Å²) in [5.41, 5.74) is 5.28. The van der Waals surface area contributed by atoms with Gasteiger partial charge in [0, 0.05) is 13.6 Å². The Morgan fingerprint density at radius 1 is 1.20 bits per heavy atom. The van der Waals surface area contributed by atoms with Crippen LogP contribution in [0.25, 0.3) is 0 Å². The fourth-order valence-electron chi connectivity index (χ4n) is 1.45. The number of hydrogen-bond acceptors (Lipinski definition) is 5. The van der Waals surface area contributed by atoms with E-state index < -0.39 is 0 Å². The Balaban J connectivity index is 2.23. The van der Waals surface area contributed by atoms with E-state index in [4.69, 9.17) is 19.9 Å². The summed E-state index contributed by atoms with van der Waals surface area (Å²) in [5, 5.41) is 0. The molecule has 112 valence electrons. The number of amides is 1. The second-order valence-corrected chi connectivity index (χ2v) is 4.18. The van der Waals surface area contributed by atoms with Crippen LogP contribution in [0.5, 0.6) is 11.5 Å². The van der Waals surface area contributed by atoms with Crippen LogP contribution in [0.3, 0.4) is 0 Å². The molecule has 0 aliphatic heterocycles. The van der Waals surface area contributed by atoms with Crippen molar-refractivity contribution < 1.29 is 19.0 Å². The summed E-state index contributed by atoms with van der Waals surface area (Å²) in [7, 11) is 3.33. The molecule has 1 amide bonds. The van der Waals surface area contributed by atoms with Gasteiger partial charge in [-0.1, -0.05) is 0 Å². The molecule has 1 aromatic rings. The minimum absolute atomic E-state index is 0.0518. The number of nitrogens with zero attached hydrogens (tertiary/aromatic N) is 1. The van der Waals surface area contributed by atoms with Crippen molar-refractivity contribution in [2.75, 3.05) is 47.1 Å². The van der Waals surface area contributed by atoms with Crippen LogP contribution in [-0.4, -0.2) is 57.9 Å². The zero-order valence-electron chi connectivity index (χ0n) is 12.0. The van der Waals surface area contributed by atoms with Crippen molar-refractivity contribution in [3.63, 3.8) is 0 Å². The number of likely N-dealkylation sites (N-methyl/N-ethyl adjacent to an activating group) is 1. The van der Waals surface area contributed by atoms with Gasteiger partial charge in [-0.25, -0.2) is 0 Å². The van der Waals surface area contributed by atoms with Gasteiger partial charge in [0.1, 0.15) is 24.7 Å². The predicted molar refractivity (Wildman–Crippen MR) is 76.0 cm³/mol. The molecule has 0 saturated heterocycles. The second kappa shape index (κ2) is 9.17. The lowest BCUT2D eigenvalue weighted by Gasteiger charge is -2.17. The number of carbonyl (C=O) groups excluding carboxylic acids is 1. The molecular weight excluding hydrogens is 260 g/mol. The van der Waals surface area contributed by atoms with Gasteiger partial charge >= 0.3 is 0 Å². The molecule has 1 rings (SSSR count). The van der Waals surface area contributed by atoms with E-state index in [1.165, 1.54) is 0 Å². The normalized spacial score (nSPS) is 10.2. The van der Waals surface area contributed by atoms with E-state index in [2.05, 4.69) is 0 Å². The van der Waals surface area contributed by atoms with Gasteiger partial charge in [-0.2, -0.15) is 0 Å². The molecule has 0 saturated carbocycles. The van der Waals surface area contributed by atoms with E-state index >= 15 is 0 Å². The fraction of sp³-hybridized carbons (Fsp3) is 0.500. The molecule has 0 fully saturated rings. The molecule has 0 aliphatic carbocycles. The molecule has 2 N–H and O–H groups in total. The highest BCUT2D eigenvalue weighted by Gasteiger charge is 2.08. The lowest BCUT2D eigenvalue weighted by molar-refractivity contribution is -0.135. The third-order valence-electron chi connectivity index (χ3n) is 2.67. The summed E-state index contributed by atoms with van der Waals surface area (Å²) in [6.07, 6.45) is 0. The maximum absolute atomic E-state index is 11.6. The maximum Gasteiger partial charge on any atom is 0.248 e. The first-order valence-electron chi connectivity index (χ1n) is 6.46. The topological polar surface area (TPSA) is 74.0 Å². The zero-order valence-corrected chi connectivity index (χ0v) is 12.0. The van der Waals surface area contributed by atoms with Crippen molar-refractivity contribution in [3.8, 4) is 11.5 Å². The highest BCUT2D eigenvalue weighted by atomic mass is 16.5. The van der Waals surface area contributed by atoms with Crippen LogP contribution < -0.4 is 15.2 Å². The van der Waals surface area contributed by atoms with Gasteiger partial charge in [-0.3, -0.25) is 4.79 Å². The van der Waals surface area contributed by atoms with Gasteiger partial charge in [0.15, 0.2) is 0 Å². The van der Waals surface area contributed by atoms with E-state index in [-0.39, 0.29) is 12.5 Å². The fourth-order valence-corrected chi connectivity index (χ4v) is 1.45. The van der Waals surface area contributed by atoms with Crippen molar-refractivity contribution in [3.05, 3.63) is 24.3 Å². The standard InChI is InChI=1S/C14H22N2O4/c1-16(14(17)11-19-9-7-15)8-10-20-13-5-3-12(18-2)4-6-13/h3-6H,7-11,15H2,1-2H3. The molecule has 0 atom stereocenters. The molecule has 0 aromatic heterocycles. The molecule has 0 aliphatic rings. The zero-order chi connectivity index (χ0) is 14.8. The third-order valence-corrected chi connectivity index (χ3v) is 2.67. The highest BCUT2D eigenvalue weighted by Crippen LogP contribution is 2.16. The van der Waals surface area contributed by atoms with Crippen LogP contribution in [0, 0.1) is 0 Å². The Bertz CT molecular complexity index is 395. The number of methoxy groups -OCH3 is 1. The van der Waals surface area contributed by atoms with E-state index in [9.17, 15) is 4.79 Å². The second-order valence-electron chi connectivity index (χ2n) is 4.18. The molecule has 0 heterocycles. The van der Waals surface area contributed by atoms with E-state index in [0.717, 1.165) is 11.5 Å². The maximum atomic E-state index is 11.6. The Morgan fingerprint density at radius 2 is 1.85 bits per heavy atom. The first-order valence-corrected chi connectivity index (χ1v) is 6.46. The van der Waals surface area contributed by atoms with Gasteiger partial charge in [0.05, 0.1) is 20.3 Å². The van der Waals surface area contributed by atoms with Crippen molar-refractivity contribution in [1.82, 2.24) is 4.90 Å². The molecule has 0 spiro atoms. The number of hydrogen-bond donors (Lipinski definition) is 1. The van der Waals surface area contributed by atoms with E-state index in [0.29, 0.717) is 26.3 Å². The highest BCUT2D eigenvalue weighted by molar-refractivity contribution is 5.77. The first-order chi connectivity index (χ1) is 9.67. The Morgan fingerprint density at radius 3 is 2.45 bits per heavy atom. The third kappa shape index (κ3) is 5.90. The van der Waals surface area contributed by atoms with Crippen molar-refractivity contribution in [2.45, 2.75) is 0 Å². The van der Waals surface area contributed by atoms with Crippen molar-refractivity contribution in [2.24, 2.45) is 5.73 Å². The Labute approximate surface area is 119 Å². The molecule has 0 bridgehead atoms. The monoisotopic (exact) mass is 282 g/mol. The van der Waals surface area contributed by atoms with E-state index in [1.54, 1.807) is 19.1 Å². The number of carbonyl (C=O) groups is 1. The largest absolute Gasteiger partial charge is 0.497 e. The molecule has 6 nitrogen and oxygen atoms in total. The van der Waals surface area contributed by atoms with Crippen LogP contribution in [0.15, 0.2) is 24.3 Å². The van der Waals surface area contributed by atoms with E-state index in [1.807, 2.05) is 24.3 Å². The molecule has 0 radical (unpaired) electrons. The minimum Gasteiger partial charge on any atom is -0.497 e. The van der Waals surface area contributed by atoms with Gasteiger partial charge < -0.3 is 24.8 Å².